The van der Waals surface area contributed by atoms with Crippen molar-refractivity contribution in [2.24, 2.45) is 0 Å². The highest BCUT2D eigenvalue weighted by molar-refractivity contribution is 6.33. The van der Waals surface area contributed by atoms with Crippen molar-refractivity contribution >= 4 is 17.4 Å². The maximum atomic E-state index is 6.48. The van der Waals surface area contributed by atoms with E-state index in [2.05, 4.69) is 24.1 Å². The summed E-state index contributed by atoms with van der Waals surface area (Å²) >= 11 is 6.48. The van der Waals surface area contributed by atoms with Crippen LogP contribution < -0.4 is 14.8 Å². The predicted octanol–water partition coefficient (Wildman–Crippen LogP) is 5.50. The van der Waals surface area contributed by atoms with Crippen molar-refractivity contribution in [1.29, 1.82) is 0 Å². The number of aryl methyl sites for hydroxylation is 1. The Morgan fingerprint density at radius 2 is 1.81 bits per heavy atom. The Morgan fingerprint density at radius 3 is 2.35 bits per heavy atom. The second-order valence-corrected chi connectivity index (χ2v) is 6.83. The lowest BCUT2D eigenvalue weighted by Crippen LogP contribution is -2.16. The van der Waals surface area contributed by atoms with Crippen LogP contribution in [0.25, 0.3) is 11.3 Å². The van der Waals surface area contributed by atoms with Crippen molar-refractivity contribution < 1.29 is 9.47 Å². The van der Waals surface area contributed by atoms with Crippen LogP contribution in [0.15, 0.2) is 18.2 Å². The van der Waals surface area contributed by atoms with Crippen LogP contribution >= 0.6 is 11.6 Å². The van der Waals surface area contributed by atoms with E-state index in [9.17, 15) is 0 Å². The highest BCUT2D eigenvalue weighted by Gasteiger charge is 2.18. The Morgan fingerprint density at radius 1 is 1.12 bits per heavy atom. The van der Waals surface area contributed by atoms with Gasteiger partial charge in [0.2, 0.25) is 0 Å². The average Bonchev–Trinajstić information content (AvgIpc) is 2.60. The number of aromatic nitrogens is 2. The summed E-state index contributed by atoms with van der Waals surface area (Å²) in [5, 5.41) is 3.66. The molecule has 26 heavy (non-hydrogen) atoms. The molecule has 0 unspecified atom stereocenters. The van der Waals surface area contributed by atoms with Crippen LogP contribution in [0.4, 0.5) is 5.82 Å². The zero-order valence-electron chi connectivity index (χ0n) is 16.4. The monoisotopic (exact) mass is 377 g/mol. The summed E-state index contributed by atoms with van der Waals surface area (Å²) < 4.78 is 11.7. The summed E-state index contributed by atoms with van der Waals surface area (Å²) in [6.07, 6.45) is 2.06. The van der Waals surface area contributed by atoms with E-state index in [1.807, 2.05) is 46.0 Å². The number of rotatable bonds is 8. The molecule has 0 aliphatic heterocycles. The van der Waals surface area contributed by atoms with Crippen LogP contribution in [0.2, 0.25) is 5.02 Å². The summed E-state index contributed by atoms with van der Waals surface area (Å²) in [6.45, 7) is 10.1. The molecule has 2 rings (SSSR count). The van der Waals surface area contributed by atoms with Crippen molar-refractivity contribution in [1.82, 2.24) is 9.97 Å². The first-order valence-corrected chi connectivity index (χ1v) is 9.46. The fraction of sp³-hybridized carbons (Fsp3) is 0.500. The van der Waals surface area contributed by atoms with E-state index in [0.717, 1.165) is 35.5 Å². The third-order valence-corrected chi connectivity index (χ3v) is 4.34. The molecular weight excluding hydrogens is 350 g/mol. The minimum absolute atomic E-state index is 0.0934. The molecule has 6 heteroatoms. The second-order valence-electron chi connectivity index (χ2n) is 6.43. The van der Waals surface area contributed by atoms with Gasteiger partial charge in [-0.25, -0.2) is 9.97 Å². The number of anilines is 1. The summed E-state index contributed by atoms with van der Waals surface area (Å²) in [7, 11) is 1.81. The second kappa shape index (κ2) is 9.08. The lowest BCUT2D eigenvalue weighted by molar-refractivity contribution is 0.185. The van der Waals surface area contributed by atoms with Gasteiger partial charge in [0, 0.05) is 12.6 Å². The Balaban J connectivity index is 2.41. The van der Waals surface area contributed by atoms with Gasteiger partial charge >= 0.3 is 0 Å². The molecule has 0 bridgehead atoms. The largest absolute Gasteiger partial charge is 0.491 e. The molecule has 0 radical (unpaired) electrons. The van der Waals surface area contributed by atoms with Gasteiger partial charge in [-0.3, -0.25) is 0 Å². The molecule has 5 nitrogen and oxygen atoms in total. The highest BCUT2D eigenvalue weighted by Crippen LogP contribution is 2.34. The maximum Gasteiger partial charge on any atom is 0.257 e. The van der Waals surface area contributed by atoms with Crippen LogP contribution in [0, 0.1) is 6.92 Å². The van der Waals surface area contributed by atoms with Gasteiger partial charge in [-0.05, 0) is 51.8 Å². The number of hydrogen-bond donors (Lipinski definition) is 1. The number of halogens is 1. The Bertz CT molecular complexity index is 746. The Hall–Kier alpha value is -2.01. The number of nitrogens with zero attached hydrogens (tertiary/aromatic N) is 2. The normalized spacial score (nSPS) is 11.1. The summed E-state index contributed by atoms with van der Waals surface area (Å²) in [5.41, 5.74) is 2.31. The van der Waals surface area contributed by atoms with Crippen LogP contribution in [0.5, 0.6) is 11.6 Å². The van der Waals surface area contributed by atoms with Gasteiger partial charge in [0.25, 0.3) is 5.88 Å². The fourth-order valence-electron chi connectivity index (χ4n) is 2.65. The molecular formula is C20H28ClN3O2. The van der Waals surface area contributed by atoms with Crippen molar-refractivity contribution in [2.75, 3.05) is 12.4 Å². The number of ether oxygens (including phenoxy) is 2. The minimum atomic E-state index is 0.0934. The molecule has 142 valence electrons. The number of hydrogen-bond acceptors (Lipinski definition) is 5. The molecule has 1 heterocycles. The Labute approximate surface area is 161 Å². The Kier molecular flexibility index (Phi) is 7.09. The quantitative estimate of drug-likeness (QED) is 0.658. The standard InChI is InChI=1S/C20H28ClN3O2/c1-7-14(8-2)26-20-19(22-6)24-18(13(5)23-20)16-10-9-15(11-17(16)21)25-12(3)4/h9-12,14H,7-8H2,1-6H3,(H,22,24). The van der Waals surface area contributed by atoms with E-state index in [0.29, 0.717) is 16.7 Å². The van der Waals surface area contributed by atoms with Crippen LogP contribution in [-0.4, -0.2) is 29.2 Å². The van der Waals surface area contributed by atoms with Crippen LogP contribution in [-0.2, 0) is 0 Å². The summed E-state index contributed by atoms with van der Waals surface area (Å²) in [4.78, 5) is 9.34. The molecule has 0 saturated carbocycles. The van der Waals surface area contributed by atoms with Gasteiger partial charge in [-0.15, -0.1) is 0 Å². The smallest absolute Gasteiger partial charge is 0.257 e. The number of nitrogens with one attached hydrogen (secondary N) is 1. The molecule has 2 aromatic rings. The third-order valence-electron chi connectivity index (χ3n) is 4.03. The summed E-state index contributed by atoms with van der Waals surface area (Å²) in [5.74, 6) is 1.87. The van der Waals surface area contributed by atoms with Crippen molar-refractivity contribution in [2.45, 2.75) is 59.7 Å². The van der Waals surface area contributed by atoms with E-state index < -0.39 is 0 Å². The minimum Gasteiger partial charge on any atom is -0.491 e. The van der Waals surface area contributed by atoms with Crippen molar-refractivity contribution in [3.8, 4) is 22.9 Å². The number of benzene rings is 1. The molecule has 1 aromatic carbocycles. The SMILES string of the molecule is CCC(CC)Oc1nc(C)c(-c2ccc(OC(C)C)cc2Cl)nc1NC. The molecule has 1 aromatic heterocycles. The maximum absolute atomic E-state index is 6.48. The van der Waals surface area contributed by atoms with Gasteiger partial charge in [-0.1, -0.05) is 25.4 Å². The van der Waals surface area contributed by atoms with Gasteiger partial charge in [0.05, 0.1) is 22.5 Å². The molecule has 0 spiro atoms. The van der Waals surface area contributed by atoms with Gasteiger partial charge in [-0.2, -0.15) is 0 Å². The zero-order valence-corrected chi connectivity index (χ0v) is 17.1. The predicted molar refractivity (Wildman–Crippen MR) is 108 cm³/mol. The van der Waals surface area contributed by atoms with Gasteiger partial charge in [0.1, 0.15) is 11.9 Å². The van der Waals surface area contributed by atoms with Crippen LogP contribution in [0.3, 0.4) is 0 Å². The molecule has 0 aliphatic carbocycles. The topological polar surface area (TPSA) is 56.3 Å². The lowest BCUT2D eigenvalue weighted by atomic mass is 10.1. The summed E-state index contributed by atoms with van der Waals surface area (Å²) in [6, 6.07) is 5.62. The van der Waals surface area contributed by atoms with E-state index in [1.54, 1.807) is 0 Å². The first-order chi connectivity index (χ1) is 12.4. The van der Waals surface area contributed by atoms with Crippen molar-refractivity contribution in [3.05, 3.63) is 28.9 Å². The van der Waals surface area contributed by atoms with E-state index in [4.69, 9.17) is 26.1 Å². The molecule has 0 amide bonds. The van der Waals surface area contributed by atoms with E-state index >= 15 is 0 Å². The van der Waals surface area contributed by atoms with Crippen LogP contribution in [0.1, 0.15) is 46.2 Å². The molecule has 0 fully saturated rings. The first kappa shape index (κ1) is 20.3. The zero-order chi connectivity index (χ0) is 19.3. The van der Waals surface area contributed by atoms with E-state index in [1.165, 1.54) is 0 Å². The lowest BCUT2D eigenvalue weighted by Gasteiger charge is -2.19. The fourth-order valence-corrected chi connectivity index (χ4v) is 2.91. The third kappa shape index (κ3) is 4.79. The molecule has 1 N–H and O–H groups in total. The average molecular weight is 378 g/mol. The van der Waals surface area contributed by atoms with Gasteiger partial charge in [0.15, 0.2) is 5.82 Å². The molecule has 0 aliphatic rings. The molecule has 0 saturated heterocycles. The molecule has 0 atom stereocenters. The highest BCUT2D eigenvalue weighted by atomic mass is 35.5. The first-order valence-electron chi connectivity index (χ1n) is 9.09. The van der Waals surface area contributed by atoms with Crippen molar-refractivity contribution in [3.63, 3.8) is 0 Å². The van der Waals surface area contributed by atoms with Gasteiger partial charge < -0.3 is 14.8 Å². The van der Waals surface area contributed by atoms with E-state index in [-0.39, 0.29) is 12.2 Å².